The van der Waals surface area contributed by atoms with E-state index < -0.39 is 11.6 Å². The van der Waals surface area contributed by atoms with Gasteiger partial charge >= 0.3 is 5.97 Å². The molecule has 1 rings (SSSR count). The Balaban J connectivity index is 2.50. The molecule has 1 aliphatic rings. The fraction of sp³-hybridized carbons (Fsp3) is 0.900. The fourth-order valence-corrected chi connectivity index (χ4v) is 2.05. The maximum Gasteiger partial charge on any atom is 0.306 e. The van der Waals surface area contributed by atoms with Gasteiger partial charge in [-0.1, -0.05) is 0 Å². The molecule has 1 saturated heterocycles. The number of carboxylic acids is 1. The zero-order chi connectivity index (χ0) is 10.8. The molecular weight excluding hydrogens is 185 g/mol. The highest BCUT2D eigenvalue weighted by Crippen LogP contribution is 2.33. The third-order valence-electron chi connectivity index (χ3n) is 3.07. The van der Waals surface area contributed by atoms with E-state index >= 15 is 0 Å². The third kappa shape index (κ3) is 2.94. The van der Waals surface area contributed by atoms with Crippen molar-refractivity contribution in [3.8, 4) is 0 Å². The third-order valence-corrected chi connectivity index (χ3v) is 3.07. The normalized spacial score (nSPS) is 24.5. The summed E-state index contributed by atoms with van der Waals surface area (Å²) in [7, 11) is 2.00. The zero-order valence-corrected chi connectivity index (χ0v) is 8.79. The topological polar surface area (TPSA) is 40.5 Å². The molecule has 82 valence electrons. The van der Waals surface area contributed by atoms with E-state index in [1.165, 1.54) is 6.92 Å². The number of carboxylic acid groups (broad SMARTS) is 1. The molecule has 4 heteroatoms. The second-order valence-corrected chi connectivity index (χ2v) is 4.43. The molecule has 3 nitrogen and oxygen atoms in total. The fourth-order valence-electron chi connectivity index (χ4n) is 2.05. The van der Waals surface area contributed by atoms with E-state index in [1.807, 2.05) is 7.05 Å². The summed E-state index contributed by atoms with van der Waals surface area (Å²) in [6.45, 7) is 3.14. The quantitative estimate of drug-likeness (QED) is 0.756. The Bertz CT molecular complexity index is 210. The summed E-state index contributed by atoms with van der Waals surface area (Å²) in [5.74, 6) is -1.15. The number of halogens is 1. The molecule has 0 bridgehead atoms. The standard InChI is InChI=1S/C10H18FNO2/c1-10(11,7-9(13)14)8-3-5-12(2)6-4-8/h8H,3-7H2,1-2H3,(H,13,14). The lowest BCUT2D eigenvalue weighted by Crippen LogP contribution is -2.40. The Morgan fingerprint density at radius 3 is 2.50 bits per heavy atom. The highest BCUT2D eigenvalue weighted by Gasteiger charge is 2.37. The Morgan fingerprint density at radius 1 is 1.57 bits per heavy atom. The Kier molecular flexibility index (Phi) is 3.48. The molecule has 0 aromatic rings. The van der Waals surface area contributed by atoms with Gasteiger partial charge in [-0.05, 0) is 45.8 Å². The first-order chi connectivity index (χ1) is 6.42. The van der Waals surface area contributed by atoms with Crippen LogP contribution in [-0.2, 0) is 4.79 Å². The van der Waals surface area contributed by atoms with E-state index in [4.69, 9.17) is 5.11 Å². The van der Waals surface area contributed by atoms with Crippen molar-refractivity contribution in [2.24, 2.45) is 5.92 Å². The Hall–Kier alpha value is -0.640. The van der Waals surface area contributed by atoms with Crippen LogP contribution in [0.3, 0.4) is 0 Å². The Morgan fingerprint density at radius 2 is 2.07 bits per heavy atom. The van der Waals surface area contributed by atoms with Gasteiger partial charge in [-0.2, -0.15) is 0 Å². The van der Waals surface area contributed by atoms with Gasteiger partial charge in [0, 0.05) is 0 Å². The predicted octanol–water partition coefficient (Wildman–Crippen LogP) is 1.53. The second-order valence-electron chi connectivity index (χ2n) is 4.43. The van der Waals surface area contributed by atoms with Gasteiger partial charge in [-0.3, -0.25) is 4.79 Å². The van der Waals surface area contributed by atoms with Crippen LogP contribution in [0.2, 0.25) is 0 Å². The van der Waals surface area contributed by atoms with E-state index in [2.05, 4.69) is 4.90 Å². The van der Waals surface area contributed by atoms with E-state index in [9.17, 15) is 9.18 Å². The Labute approximate surface area is 83.9 Å². The maximum absolute atomic E-state index is 14.0. The second kappa shape index (κ2) is 4.26. The summed E-state index contributed by atoms with van der Waals surface area (Å²) in [5.41, 5.74) is -1.55. The number of nitrogens with zero attached hydrogens (tertiary/aromatic N) is 1. The lowest BCUT2D eigenvalue weighted by molar-refractivity contribution is -0.141. The molecule has 0 radical (unpaired) electrons. The van der Waals surface area contributed by atoms with Crippen LogP contribution in [0.15, 0.2) is 0 Å². The molecule has 0 spiro atoms. The number of aliphatic carboxylic acids is 1. The molecule has 1 fully saturated rings. The van der Waals surface area contributed by atoms with Crippen LogP contribution in [0.5, 0.6) is 0 Å². The molecule has 1 atom stereocenters. The van der Waals surface area contributed by atoms with Crippen LogP contribution < -0.4 is 0 Å². The molecule has 1 N–H and O–H groups in total. The molecular formula is C10H18FNO2. The van der Waals surface area contributed by atoms with Gasteiger partial charge in [0.05, 0.1) is 6.42 Å². The van der Waals surface area contributed by atoms with Crippen molar-refractivity contribution < 1.29 is 14.3 Å². The first-order valence-electron chi connectivity index (χ1n) is 5.01. The summed E-state index contributed by atoms with van der Waals surface area (Å²) < 4.78 is 14.0. The molecule has 14 heavy (non-hydrogen) atoms. The van der Waals surface area contributed by atoms with Crippen molar-refractivity contribution in [3.05, 3.63) is 0 Å². The molecule has 1 unspecified atom stereocenters. The number of alkyl halides is 1. The minimum absolute atomic E-state index is 0.102. The van der Waals surface area contributed by atoms with Crippen molar-refractivity contribution >= 4 is 5.97 Å². The molecule has 1 heterocycles. The highest BCUT2D eigenvalue weighted by atomic mass is 19.1. The summed E-state index contributed by atoms with van der Waals surface area (Å²) in [5, 5.41) is 8.58. The summed E-state index contributed by atoms with van der Waals surface area (Å²) >= 11 is 0. The lowest BCUT2D eigenvalue weighted by Gasteiger charge is -2.35. The van der Waals surface area contributed by atoms with Crippen molar-refractivity contribution in [3.63, 3.8) is 0 Å². The SMILES string of the molecule is CN1CCC(C(C)(F)CC(=O)O)CC1. The summed E-state index contributed by atoms with van der Waals surface area (Å²) in [4.78, 5) is 12.6. The molecule has 0 amide bonds. The largest absolute Gasteiger partial charge is 0.481 e. The zero-order valence-electron chi connectivity index (χ0n) is 8.79. The van der Waals surface area contributed by atoms with E-state index in [-0.39, 0.29) is 12.3 Å². The summed E-state index contributed by atoms with van der Waals surface area (Å²) in [6, 6.07) is 0. The molecule has 0 aliphatic carbocycles. The minimum atomic E-state index is -1.55. The van der Waals surface area contributed by atoms with Crippen LogP contribution in [0.25, 0.3) is 0 Å². The van der Waals surface area contributed by atoms with Crippen LogP contribution in [-0.4, -0.2) is 41.8 Å². The molecule has 0 aromatic heterocycles. The van der Waals surface area contributed by atoms with E-state index in [0.717, 1.165) is 25.9 Å². The maximum atomic E-state index is 14.0. The number of carbonyl (C=O) groups is 1. The van der Waals surface area contributed by atoms with Crippen molar-refractivity contribution in [2.75, 3.05) is 20.1 Å². The van der Waals surface area contributed by atoms with Crippen LogP contribution in [0.4, 0.5) is 4.39 Å². The average molecular weight is 203 g/mol. The van der Waals surface area contributed by atoms with Crippen LogP contribution in [0, 0.1) is 5.92 Å². The number of piperidine rings is 1. The lowest BCUT2D eigenvalue weighted by atomic mass is 9.81. The van der Waals surface area contributed by atoms with Gasteiger partial charge in [-0.25, -0.2) is 4.39 Å². The van der Waals surface area contributed by atoms with E-state index in [1.54, 1.807) is 0 Å². The van der Waals surface area contributed by atoms with Crippen LogP contribution >= 0.6 is 0 Å². The van der Waals surface area contributed by atoms with Crippen molar-refractivity contribution in [2.45, 2.75) is 31.9 Å². The molecule has 0 saturated carbocycles. The number of rotatable bonds is 3. The van der Waals surface area contributed by atoms with Crippen molar-refractivity contribution in [1.29, 1.82) is 0 Å². The highest BCUT2D eigenvalue weighted by molar-refractivity contribution is 5.68. The molecule has 1 aliphatic heterocycles. The van der Waals surface area contributed by atoms with E-state index in [0.29, 0.717) is 0 Å². The van der Waals surface area contributed by atoms with Gasteiger partial charge in [0.25, 0.3) is 0 Å². The van der Waals surface area contributed by atoms with Crippen LogP contribution in [0.1, 0.15) is 26.2 Å². The van der Waals surface area contributed by atoms with Gasteiger partial charge in [0.15, 0.2) is 0 Å². The monoisotopic (exact) mass is 203 g/mol. The summed E-state index contributed by atoms with van der Waals surface area (Å²) in [6.07, 6.45) is 1.15. The number of hydrogen-bond donors (Lipinski definition) is 1. The van der Waals surface area contributed by atoms with Gasteiger partial charge in [-0.15, -0.1) is 0 Å². The number of hydrogen-bond acceptors (Lipinski definition) is 2. The smallest absolute Gasteiger partial charge is 0.306 e. The van der Waals surface area contributed by atoms with Gasteiger partial charge in [0.2, 0.25) is 0 Å². The predicted molar refractivity (Wildman–Crippen MR) is 52.0 cm³/mol. The van der Waals surface area contributed by atoms with Crippen molar-refractivity contribution in [1.82, 2.24) is 4.90 Å². The average Bonchev–Trinajstić information content (AvgIpc) is 2.02. The minimum Gasteiger partial charge on any atom is -0.481 e. The number of likely N-dealkylation sites (tertiary alicyclic amines) is 1. The van der Waals surface area contributed by atoms with Gasteiger partial charge in [0.1, 0.15) is 5.67 Å². The first-order valence-corrected chi connectivity index (χ1v) is 5.01. The molecule has 0 aromatic carbocycles. The van der Waals surface area contributed by atoms with Gasteiger partial charge < -0.3 is 10.0 Å². The first kappa shape index (κ1) is 11.4.